The maximum Gasteiger partial charge on any atom is 0.289 e. The van der Waals surface area contributed by atoms with Crippen LogP contribution < -0.4 is 0 Å². The van der Waals surface area contributed by atoms with Gasteiger partial charge in [-0.2, -0.15) is 5.10 Å². The van der Waals surface area contributed by atoms with Crippen LogP contribution in [0.5, 0.6) is 0 Å². The zero-order valence-corrected chi connectivity index (χ0v) is 15.5. The van der Waals surface area contributed by atoms with Gasteiger partial charge in [0.1, 0.15) is 5.76 Å². The van der Waals surface area contributed by atoms with E-state index in [2.05, 4.69) is 4.98 Å². The molecule has 0 aliphatic carbocycles. The van der Waals surface area contributed by atoms with E-state index in [4.69, 9.17) is 18.7 Å². The van der Waals surface area contributed by atoms with Crippen molar-refractivity contribution < 1.29 is 18.4 Å². The molecular weight excluding hydrogens is 348 g/mol. The van der Waals surface area contributed by atoms with Crippen LogP contribution in [0.15, 0.2) is 33.4 Å². The van der Waals surface area contributed by atoms with Crippen molar-refractivity contribution in [1.82, 2.24) is 19.7 Å². The van der Waals surface area contributed by atoms with Crippen molar-refractivity contribution in [2.24, 2.45) is 0 Å². The molecule has 0 spiro atoms. The van der Waals surface area contributed by atoms with E-state index in [9.17, 15) is 4.79 Å². The molecule has 0 fully saturated rings. The summed E-state index contributed by atoms with van der Waals surface area (Å²) >= 11 is 0. The minimum absolute atomic E-state index is 0.123. The predicted molar refractivity (Wildman–Crippen MR) is 96.1 cm³/mol. The number of rotatable bonds is 6. The number of aryl methyl sites for hydroxylation is 1. The number of hydrogen-bond donors (Lipinski definition) is 0. The number of hydrogen-bond acceptors (Lipinski definition) is 6. The van der Waals surface area contributed by atoms with Gasteiger partial charge in [0.2, 0.25) is 5.89 Å². The molecule has 1 aliphatic rings. The van der Waals surface area contributed by atoms with Crippen molar-refractivity contribution in [3.05, 3.63) is 47.4 Å². The Morgan fingerprint density at radius 1 is 1.41 bits per heavy atom. The van der Waals surface area contributed by atoms with Gasteiger partial charge >= 0.3 is 0 Å². The molecule has 8 nitrogen and oxygen atoms in total. The molecule has 1 amide bonds. The van der Waals surface area contributed by atoms with E-state index in [1.165, 1.54) is 6.26 Å². The highest BCUT2D eigenvalue weighted by atomic mass is 16.5. The van der Waals surface area contributed by atoms with Crippen LogP contribution in [0.25, 0.3) is 11.6 Å². The molecule has 0 saturated carbocycles. The Hall–Kier alpha value is -2.87. The highest BCUT2D eigenvalue weighted by Gasteiger charge is 2.30. The van der Waals surface area contributed by atoms with Crippen molar-refractivity contribution in [2.45, 2.75) is 33.4 Å². The van der Waals surface area contributed by atoms with E-state index in [0.29, 0.717) is 56.6 Å². The molecular formula is C19H22N4O4. The Labute approximate surface area is 156 Å². The monoisotopic (exact) mass is 370 g/mol. The average molecular weight is 370 g/mol. The van der Waals surface area contributed by atoms with Gasteiger partial charge in [-0.15, -0.1) is 0 Å². The van der Waals surface area contributed by atoms with Gasteiger partial charge in [-0.3, -0.25) is 9.48 Å². The van der Waals surface area contributed by atoms with E-state index in [1.54, 1.807) is 23.2 Å². The van der Waals surface area contributed by atoms with Gasteiger partial charge in [0.25, 0.3) is 5.91 Å². The number of oxazole rings is 1. The lowest BCUT2D eigenvalue weighted by molar-refractivity contribution is 0.0700. The summed E-state index contributed by atoms with van der Waals surface area (Å²) in [6.07, 6.45) is 3.89. The van der Waals surface area contributed by atoms with Crippen molar-refractivity contribution in [3.63, 3.8) is 0 Å². The normalized spacial score (nSPS) is 13.8. The van der Waals surface area contributed by atoms with Crippen LogP contribution in [-0.4, -0.2) is 45.3 Å². The number of nitrogens with zero attached hydrogens (tertiary/aromatic N) is 4. The first-order chi connectivity index (χ1) is 13.2. The first-order valence-corrected chi connectivity index (χ1v) is 9.09. The lowest BCUT2D eigenvalue weighted by Gasteiger charge is -2.27. The van der Waals surface area contributed by atoms with Crippen molar-refractivity contribution in [3.8, 4) is 11.6 Å². The predicted octanol–water partition coefficient (Wildman–Crippen LogP) is 2.67. The van der Waals surface area contributed by atoms with Crippen molar-refractivity contribution in [1.29, 1.82) is 0 Å². The smallest absolute Gasteiger partial charge is 0.289 e. The summed E-state index contributed by atoms with van der Waals surface area (Å²) in [6, 6.07) is 3.40. The van der Waals surface area contributed by atoms with E-state index < -0.39 is 0 Å². The largest absolute Gasteiger partial charge is 0.459 e. The summed E-state index contributed by atoms with van der Waals surface area (Å²) in [5.41, 5.74) is 2.76. The van der Waals surface area contributed by atoms with Gasteiger partial charge in [0.05, 0.1) is 32.2 Å². The topological polar surface area (TPSA) is 86.5 Å². The van der Waals surface area contributed by atoms with Crippen LogP contribution in [0.2, 0.25) is 0 Å². The number of furan rings is 1. The fourth-order valence-electron chi connectivity index (χ4n) is 3.34. The number of carbonyl (C=O) groups excluding carboxylic acids is 1. The summed E-state index contributed by atoms with van der Waals surface area (Å²) < 4.78 is 18.4. The second kappa shape index (κ2) is 7.40. The van der Waals surface area contributed by atoms with Crippen LogP contribution in [-0.2, 0) is 24.2 Å². The van der Waals surface area contributed by atoms with Crippen LogP contribution in [0.1, 0.15) is 34.5 Å². The molecule has 0 atom stereocenters. The second-order valence-corrected chi connectivity index (χ2v) is 6.42. The maximum atomic E-state index is 12.7. The number of carbonyl (C=O) groups is 1. The first kappa shape index (κ1) is 17.5. The molecule has 0 N–H and O–H groups in total. The van der Waals surface area contributed by atoms with Gasteiger partial charge in [0, 0.05) is 30.8 Å². The summed E-state index contributed by atoms with van der Waals surface area (Å²) in [4.78, 5) is 18.8. The molecule has 3 aromatic heterocycles. The standard InChI is InChI=1S/C19H22N4O4/c1-3-25-10-8-23-15-6-7-22(19(24)16-5-4-9-26-16)12-14(15)17(21-23)18-20-11-13(2)27-18/h4-5,9,11H,3,6-8,10,12H2,1-2H3. The molecule has 142 valence electrons. The molecule has 0 saturated heterocycles. The maximum absolute atomic E-state index is 12.7. The first-order valence-electron chi connectivity index (χ1n) is 9.09. The zero-order valence-electron chi connectivity index (χ0n) is 15.5. The van der Waals surface area contributed by atoms with Crippen molar-refractivity contribution >= 4 is 5.91 Å². The Balaban J connectivity index is 1.66. The van der Waals surface area contributed by atoms with Crippen LogP contribution in [0, 0.1) is 6.92 Å². The lowest BCUT2D eigenvalue weighted by Crippen LogP contribution is -2.36. The molecule has 27 heavy (non-hydrogen) atoms. The Morgan fingerprint density at radius 2 is 2.30 bits per heavy atom. The summed E-state index contributed by atoms with van der Waals surface area (Å²) in [7, 11) is 0. The Bertz CT molecular complexity index is 926. The fourth-order valence-corrected chi connectivity index (χ4v) is 3.34. The molecule has 0 radical (unpaired) electrons. The minimum Gasteiger partial charge on any atom is -0.459 e. The fraction of sp³-hybridized carbons (Fsp3) is 0.421. The van der Waals surface area contributed by atoms with E-state index >= 15 is 0 Å². The quantitative estimate of drug-likeness (QED) is 0.620. The number of amides is 1. The van der Waals surface area contributed by atoms with Gasteiger partial charge in [0.15, 0.2) is 11.5 Å². The summed E-state index contributed by atoms with van der Waals surface area (Å²) in [5.74, 6) is 1.42. The van der Waals surface area contributed by atoms with Gasteiger partial charge < -0.3 is 18.5 Å². The second-order valence-electron chi connectivity index (χ2n) is 6.42. The number of aromatic nitrogens is 3. The third-order valence-corrected chi connectivity index (χ3v) is 4.63. The SMILES string of the molecule is CCOCCn1nc(-c2ncc(C)o2)c2c1CCN(C(=O)c1ccco1)C2. The lowest BCUT2D eigenvalue weighted by atomic mass is 10.0. The van der Waals surface area contributed by atoms with Crippen molar-refractivity contribution in [2.75, 3.05) is 19.8 Å². The molecule has 1 aliphatic heterocycles. The molecule has 0 aromatic carbocycles. The third kappa shape index (κ3) is 3.40. The Kier molecular flexibility index (Phi) is 4.81. The number of fused-ring (bicyclic) bond motifs is 1. The summed E-state index contributed by atoms with van der Waals surface area (Å²) in [5, 5.41) is 4.72. The molecule has 4 rings (SSSR count). The molecule has 0 bridgehead atoms. The highest BCUT2D eigenvalue weighted by molar-refractivity contribution is 5.91. The third-order valence-electron chi connectivity index (χ3n) is 4.63. The molecule has 3 aromatic rings. The van der Waals surface area contributed by atoms with E-state index in [-0.39, 0.29) is 5.91 Å². The van der Waals surface area contributed by atoms with Crippen LogP contribution >= 0.6 is 0 Å². The van der Waals surface area contributed by atoms with E-state index in [1.807, 2.05) is 18.5 Å². The molecule has 8 heteroatoms. The van der Waals surface area contributed by atoms with Gasteiger partial charge in [-0.25, -0.2) is 4.98 Å². The molecule has 4 heterocycles. The van der Waals surface area contributed by atoms with Crippen LogP contribution in [0.3, 0.4) is 0 Å². The highest BCUT2D eigenvalue weighted by Crippen LogP contribution is 2.30. The zero-order chi connectivity index (χ0) is 18.8. The number of ether oxygens (including phenoxy) is 1. The average Bonchev–Trinajstić information content (AvgIpc) is 3.41. The van der Waals surface area contributed by atoms with Crippen LogP contribution in [0.4, 0.5) is 0 Å². The van der Waals surface area contributed by atoms with Gasteiger partial charge in [-0.05, 0) is 26.0 Å². The van der Waals surface area contributed by atoms with Gasteiger partial charge in [-0.1, -0.05) is 0 Å². The summed E-state index contributed by atoms with van der Waals surface area (Å²) in [6.45, 7) is 6.78. The minimum atomic E-state index is -0.123. The van der Waals surface area contributed by atoms with E-state index in [0.717, 1.165) is 17.0 Å². The Morgan fingerprint density at radius 3 is 3.00 bits per heavy atom. The molecule has 0 unspecified atom stereocenters.